The number of allylic oxidation sites excluding steroid dienone is 2. The minimum Gasteiger partial charge on any atom is -0.504 e. The molecule has 0 fully saturated rings. The second kappa shape index (κ2) is 8.29. The highest BCUT2D eigenvalue weighted by Crippen LogP contribution is 2.46. The number of phenolic OH excluding ortho intramolecular Hbond substituents is 1. The Bertz CT molecular complexity index is 1320. The van der Waals surface area contributed by atoms with E-state index in [9.17, 15) is 9.90 Å². The first-order chi connectivity index (χ1) is 16.4. The summed E-state index contributed by atoms with van der Waals surface area (Å²) in [5, 5.41) is 17.7. The molecular weight excluding hydrogens is 438 g/mol. The number of nitrogens with zero attached hydrogens (tertiary/aromatic N) is 3. The summed E-state index contributed by atoms with van der Waals surface area (Å²) in [6.45, 7) is 0. The molecule has 10 heteroatoms. The van der Waals surface area contributed by atoms with Gasteiger partial charge in [-0.15, -0.1) is 5.10 Å². The van der Waals surface area contributed by atoms with E-state index in [0.717, 1.165) is 16.8 Å². The SMILES string of the molecule is COc1cc(C2C3=C(CC(c4ccc(OC)c(OC)c4)CC3=O)Nc3nc(N)nn32)ccc1O. The van der Waals surface area contributed by atoms with Crippen molar-refractivity contribution in [1.29, 1.82) is 0 Å². The van der Waals surface area contributed by atoms with E-state index >= 15 is 0 Å². The third-order valence-corrected chi connectivity index (χ3v) is 6.33. The maximum Gasteiger partial charge on any atom is 0.241 e. The fraction of sp³-hybridized carbons (Fsp3) is 0.292. The molecule has 0 radical (unpaired) electrons. The molecule has 2 heterocycles. The maximum absolute atomic E-state index is 13.6. The molecule has 0 saturated heterocycles. The van der Waals surface area contributed by atoms with Gasteiger partial charge in [0.2, 0.25) is 11.9 Å². The van der Waals surface area contributed by atoms with E-state index in [0.29, 0.717) is 41.6 Å². The van der Waals surface area contributed by atoms with Gasteiger partial charge in [0.15, 0.2) is 28.8 Å². The van der Waals surface area contributed by atoms with Crippen LogP contribution >= 0.6 is 0 Å². The number of carbonyl (C=O) groups is 1. The first kappa shape index (κ1) is 21.6. The second-order valence-electron chi connectivity index (χ2n) is 8.23. The molecule has 1 aliphatic heterocycles. The van der Waals surface area contributed by atoms with Crippen LogP contribution in [0.25, 0.3) is 0 Å². The lowest BCUT2D eigenvalue weighted by molar-refractivity contribution is -0.116. The van der Waals surface area contributed by atoms with Gasteiger partial charge in [0.25, 0.3) is 0 Å². The van der Waals surface area contributed by atoms with E-state index in [1.165, 1.54) is 13.2 Å². The van der Waals surface area contributed by atoms with Crippen LogP contribution in [0.2, 0.25) is 0 Å². The number of phenols is 1. The molecule has 5 rings (SSSR count). The molecule has 4 N–H and O–H groups in total. The first-order valence-electron chi connectivity index (χ1n) is 10.8. The molecule has 0 saturated carbocycles. The normalized spacial score (nSPS) is 19.2. The number of nitrogens with two attached hydrogens (primary N) is 1. The number of carbonyl (C=O) groups excluding carboxylic acids is 1. The van der Waals surface area contributed by atoms with Gasteiger partial charge in [-0.2, -0.15) is 4.98 Å². The van der Waals surface area contributed by atoms with Crippen molar-refractivity contribution in [3.05, 3.63) is 58.8 Å². The Labute approximate surface area is 196 Å². The fourth-order valence-electron chi connectivity index (χ4n) is 4.74. The quantitative estimate of drug-likeness (QED) is 0.522. The summed E-state index contributed by atoms with van der Waals surface area (Å²) in [4.78, 5) is 17.9. The third kappa shape index (κ3) is 3.47. The number of nitrogens with one attached hydrogen (secondary N) is 1. The van der Waals surface area contributed by atoms with E-state index in [4.69, 9.17) is 19.9 Å². The summed E-state index contributed by atoms with van der Waals surface area (Å²) in [6, 6.07) is 10.1. The number of rotatable bonds is 5. The van der Waals surface area contributed by atoms with E-state index in [2.05, 4.69) is 15.4 Å². The smallest absolute Gasteiger partial charge is 0.241 e. The Morgan fingerprint density at radius 1 is 1.00 bits per heavy atom. The van der Waals surface area contributed by atoms with Crippen molar-refractivity contribution in [3.8, 4) is 23.0 Å². The number of hydrogen-bond donors (Lipinski definition) is 3. The number of Topliss-reactive ketones (excluding diaryl/α,β-unsaturated/α-hetero) is 1. The highest BCUT2D eigenvalue weighted by atomic mass is 16.5. The summed E-state index contributed by atoms with van der Waals surface area (Å²) in [5.74, 6) is 2.05. The first-order valence-corrected chi connectivity index (χ1v) is 10.8. The third-order valence-electron chi connectivity index (χ3n) is 6.33. The van der Waals surface area contributed by atoms with Crippen molar-refractivity contribution >= 4 is 17.7 Å². The number of anilines is 2. The molecule has 0 spiro atoms. The lowest BCUT2D eigenvalue weighted by Gasteiger charge is -2.35. The molecule has 10 nitrogen and oxygen atoms in total. The number of fused-ring (bicyclic) bond motifs is 1. The predicted molar refractivity (Wildman–Crippen MR) is 124 cm³/mol. The molecule has 2 atom stereocenters. The molecule has 3 aromatic rings. The van der Waals surface area contributed by atoms with Gasteiger partial charge in [-0.1, -0.05) is 12.1 Å². The molecule has 0 amide bonds. The molecule has 2 aliphatic rings. The van der Waals surface area contributed by atoms with Crippen molar-refractivity contribution in [2.24, 2.45) is 0 Å². The molecule has 34 heavy (non-hydrogen) atoms. The lowest BCUT2D eigenvalue weighted by Crippen LogP contribution is -2.33. The van der Waals surface area contributed by atoms with Crippen LogP contribution in [0.1, 0.15) is 35.9 Å². The Hall–Kier alpha value is -4.21. The predicted octanol–water partition coefficient (Wildman–Crippen LogP) is 3.01. The Kier molecular flexibility index (Phi) is 5.27. The van der Waals surface area contributed by atoms with E-state index in [1.54, 1.807) is 31.0 Å². The van der Waals surface area contributed by atoms with Gasteiger partial charge >= 0.3 is 0 Å². The summed E-state index contributed by atoms with van der Waals surface area (Å²) >= 11 is 0. The zero-order chi connectivity index (χ0) is 24.0. The Morgan fingerprint density at radius 2 is 1.71 bits per heavy atom. The minimum atomic E-state index is -0.551. The summed E-state index contributed by atoms with van der Waals surface area (Å²) in [6.07, 6.45) is 0.913. The van der Waals surface area contributed by atoms with Crippen molar-refractivity contribution < 1.29 is 24.1 Å². The van der Waals surface area contributed by atoms with Crippen LogP contribution in [0.5, 0.6) is 23.0 Å². The van der Waals surface area contributed by atoms with Gasteiger partial charge in [-0.25, -0.2) is 4.68 Å². The van der Waals surface area contributed by atoms with Crippen LogP contribution in [0.3, 0.4) is 0 Å². The standard InChI is InChI=1S/C24H25N5O5/c1-32-18-7-5-12(10-20(18)34-3)14-8-15-21(17(31)9-14)22(29-24(26-15)27-23(25)28-29)13-4-6-16(30)19(11-13)33-2/h4-7,10-11,14,22,30H,8-9H2,1-3H3,(H3,25,26,27,28). The van der Waals surface area contributed by atoms with E-state index < -0.39 is 6.04 Å². The van der Waals surface area contributed by atoms with Crippen molar-refractivity contribution in [3.63, 3.8) is 0 Å². The topological polar surface area (TPSA) is 134 Å². The summed E-state index contributed by atoms with van der Waals surface area (Å²) in [5.41, 5.74) is 8.98. The van der Waals surface area contributed by atoms with Crippen molar-refractivity contribution in [1.82, 2.24) is 14.8 Å². The largest absolute Gasteiger partial charge is 0.504 e. The van der Waals surface area contributed by atoms with Crippen LogP contribution in [0, 0.1) is 0 Å². The number of ketones is 1. The number of methoxy groups -OCH3 is 3. The van der Waals surface area contributed by atoms with Crippen LogP contribution in [-0.2, 0) is 4.79 Å². The monoisotopic (exact) mass is 463 g/mol. The van der Waals surface area contributed by atoms with Gasteiger partial charge in [0, 0.05) is 17.7 Å². The maximum atomic E-state index is 13.6. The van der Waals surface area contributed by atoms with Crippen LogP contribution in [0.4, 0.5) is 11.9 Å². The Balaban J connectivity index is 1.58. The summed E-state index contributed by atoms with van der Waals surface area (Å²) < 4.78 is 17.7. The molecular formula is C24H25N5O5. The molecule has 176 valence electrons. The average Bonchev–Trinajstić information content (AvgIpc) is 3.22. The molecule has 0 bridgehead atoms. The highest BCUT2D eigenvalue weighted by Gasteiger charge is 2.40. The molecule has 1 aromatic heterocycles. The fourth-order valence-corrected chi connectivity index (χ4v) is 4.74. The van der Waals surface area contributed by atoms with Gasteiger partial charge < -0.3 is 30.4 Å². The highest BCUT2D eigenvalue weighted by molar-refractivity contribution is 6.00. The van der Waals surface area contributed by atoms with Crippen LogP contribution in [0.15, 0.2) is 47.7 Å². The number of hydrogen-bond acceptors (Lipinski definition) is 9. The number of aromatic hydroxyl groups is 1. The number of benzene rings is 2. The molecule has 2 aromatic carbocycles. The van der Waals surface area contributed by atoms with Gasteiger partial charge in [0.05, 0.1) is 21.3 Å². The van der Waals surface area contributed by atoms with Crippen molar-refractivity contribution in [2.45, 2.75) is 24.8 Å². The minimum absolute atomic E-state index is 0.00898. The number of aromatic nitrogens is 3. The van der Waals surface area contributed by atoms with Crippen LogP contribution < -0.4 is 25.3 Å². The van der Waals surface area contributed by atoms with Gasteiger partial charge in [-0.3, -0.25) is 4.79 Å². The Morgan fingerprint density at radius 3 is 2.44 bits per heavy atom. The van der Waals surface area contributed by atoms with E-state index in [-0.39, 0.29) is 23.4 Å². The van der Waals surface area contributed by atoms with E-state index in [1.807, 2.05) is 18.2 Å². The van der Waals surface area contributed by atoms with Gasteiger partial charge in [0.1, 0.15) is 6.04 Å². The number of nitrogen functional groups attached to an aromatic ring is 1. The molecule has 2 unspecified atom stereocenters. The van der Waals surface area contributed by atoms with Crippen LogP contribution in [-0.4, -0.2) is 47.0 Å². The van der Waals surface area contributed by atoms with Gasteiger partial charge in [-0.05, 0) is 47.7 Å². The van der Waals surface area contributed by atoms with Crippen molar-refractivity contribution in [2.75, 3.05) is 32.4 Å². The molecule has 1 aliphatic carbocycles. The average molecular weight is 463 g/mol. The number of ether oxygens (including phenoxy) is 3. The summed E-state index contributed by atoms with van der Waals surface area (Å²) in [7, 11) is 4.65. The zero-order valence-corrected chi connectivity index (χ0v) is 19.0. The lowest BCUT2D eigenvalue weighted by atomic mass is 9.78. The second-order valence-corrected chi connectivity index (χ2v) is 8.23. The zero-order valence-electron chi connectivity index (χ0n) is 19.0.